The molecule has 6 nitrogen and oxygen atoms in total. The molecule has 0 saturated carbocycles. The van der Waals surface area contributed by atoms with Gasteiger partial charge in [-0.3, -0.25) is 9.13 Å². The lowest BCUT2D eigenvalue weighted by Gasteiger charge is -2.32. The SMILES string of the molecule is N#Cc1nc2cccc3c2n1-c1cccc2c1B3c1cccc3nc(C#N)n-2c13. The first-order valence-corrected chi connectivity index (χ1v) is 9.28. The van der Waals surface area contributed by atoms with E-state index < -0.39 is 0 Å². The molecule has 0 amide bonds. The summed E-state index contributed by atoms with van der Waals surface area (Å²) in [6.07, 6.45) is 0. The van der Waals surface area contributed by atoms with E-state index in [0.717, 1.165) is 49.8 Å². The maximum atomic E-state index is 9.74. The number of aromatic nitrogens is 4. The predicted molar refractivity (Wildman–Crippen MR) is 110 cm³/mol. The maximum absolute atomic E-state index is 9.74. The molecule has 0 radical (unpaired) electrons. The smallest absolute Gasteiger partial charge is 0.252 e. The average molecular weight is 368 g/mol. The average Bonchev–Trinajstić information content (AvgIpc) is 3.33. The first-order valence-electron chi connectivity index (χ1n) is 9.28. The van der Waals surface area contributed by atoms with Crippen LogP contribution in [0.3, 0.4) is 0 Å². The Kier molecular flexibility index (Phi) is 2.39. The standard InChI is InChI=1S/C22H9BN6/c24-10-18-26-14-6-1-4-12-21(14)28(18)16-8-3-9-17-20(16)23(12)13-5-2-7-15-22(13)29(17)19(11-25)27-15/h1-9H. The van der Waals surface area contributed by atoms with Crippen molar-refractivity contribution in [2.45, 2.75) is 0 Å². The number of hydrogen-bond donors (Lipinski definition) is 0. The Hall–Kier alpha value is -4.36. The summed E-state index contributed by atoms with van der Waals surface area (Å²) in [5.41, 5.74) is 8.78. The molecule has 2 aliphatic rings. The maximum Gasteiger partial charge on any atom is 0.252 e. The minimum atomic E-state index is 0.0000794. The summed E-state index contributed by atoms with van der Waals surface area (Å²) in [5, 5.41) is 19.5. The molecule has 0 bridgehead atoms. The van der Waals surface area contributed by atoms with Gasteiger partial charge < -0.3 is 0 Å². The van der Waals surface area contributed by atoms with Crippen molar-refractivity contribution in [3.05, 3.63) is 66.2 Å². The van der Waals surface area contributed by atoms with Crippen LogP contribution in [-0.4, -0.2) is 25.8 Å². The van der Waals surface area contributed by atoms with E-state index in [1.165, 1.54) is 0 Å². The van der Waals surface area contributed by atoms with E-state index in [-0.39, 0.29) is 6.71 Å². The molecule has 2 aromatic heterocycles. The molecule has 0 atom stereocenters. The van der Waals surface area contributed by atoms with E-state index in [1.54, 1.807) is 0 Å². The van der Waals surface area contributed by atoms with Crippen molar-refractivity contribution in [3.8, 4) is 23.5 Å². The van der Waals surface area contributed by atoms with Gasteiger partial charge in [0, 0.05) is 11.4 Å². The van der Waals surface area contributed by atoms with Crippen molar-refractivity contribution in [2.75, 3.05) is 0 Å². The van der Waals surface area contributed by atoms with Crippen LogP contribution in [0.15, 0.2) is 54.6 Å². The van der Waals surface area contributed by atoms with Crippen LogP contribution < -0.4 is 16.4 Å². The van der Waals surface area contributed by atoms with E-state index in [0.29, 0.717) is 11.6 Å². The van der Waals surface area contributed by atoms with Gasteiger partial charge in [-0.15, -0.1) is 0 Å². The fraction of sp³-hybridized carbons (Fsp3) is 0. The zero-order valence-electron chi connectivity index (χ0n) is 15.0. The van der Waals surface area contributed by atoms with Crippen molar-refractivity contribution in [1.29, 1.82) is 10.5 Å². The fourth-order valence-corrected chi connectivity index (χ4v) is 5.10. The molecular weight excluding hydrogens is 359 g/mol. The summed E-state index contributed by atoms with van der Waals surface area (Å²) in [4.78, 5) is 9.14. The van der Waals surface area contributed by atoms with Crippen molar-refractivity contribution < 1.29 is 0 Å². The summed E-state index contributed by atoms with van der Waals surface area (Å²) in [6.45, 7) is 0.0000794. The Morgan fingerprint density at radius 2 is 1.17 bits per heavy atom. The predicted octanol–water partition coefficient (Wildman–Crippen LogP) is 1.25. The molecule has 29 heavy (non-hydrogen) atoms. The Bertz CT molecular complexity index is 1520. The molecule has 7 rings (SSSR count). The van der Waals surface area contributed by atoms with E-state index in [1.807, 2.05) is 51.6 Å². The van der Waals surface area contributed by atoms with E-state index in [4.69, 9.17) is 0 Å². The van der Waals surface area contributed by atoms with Crippen molar-refractivity contribution in [1.82, 2.24) is 19.1 Å². The summed E-state index contributed by atoms with van der Waals surface area (Å²) in [5.74, 6) is 0.740. The van der Waals surface area contributed by atoms with Gasteiger partial charge in [-0.1, -0.05) is 30.3 Å². The van der Waals surface area contributed by atoms with Gasteiger partial charge >= 0.3 is 0 Å². The van der Waals surface area contributed by atoms with Gasteiger partial charge in [0.1, 0.15) is 12.1 Å². The van der Waals surface area contributed by atoms with Crippen LogP contribution in [0.2, 0.25) is 0 Å². The third-order valence-corrected chi connectivity index (χ3v) is 6.07. The topological polar surface area (TPSA) is 83.2 Å². The molecule has 2 aliphatic heterocycles. The second-order valence-electron chi connectivity index (χ2n) is 7.34. The molecular formula is C22H9BN6. The number of rotatable bonds is 0. The molecule has 0 fully saturated rings. The molecule has 4 heterocycles. The van der Waals surface area contributed by atoms with Gasteiger partial charge in [-0.25, -0.2) is 9.97 Å². The molecule has 0 spiro atoms. The summed E-state index contributed by atoms with van der Waals surface area (Å²) < 4.78 is 3.90. The molecule has 7 heteroatoms. The van der Waals surface area contributed by atoms with Gasteiger partial charge in [-0.05, 0) is 40.7 Å². The molecule has 0 unspecified atom stereocenters. The highest BCUT2D eigenvalue weighted by Gasteiger charge is 2.40. The Balaban J connectivity index is 1.78. The minimum Gasteiger partial charge on any atom is -0.285 e. The number of nitriles is 2. The second-order valence-corrected chi connectivity index (χ2v) is 7.34. The number of imidazole rings is 2. The van der Waals surface area contributed by atoms with E-state index in [2.05, 4.69) is 34.2 Å². The highest BCUT2D eigenvalue weighted by atomic mass is 15.1. The number of para-hydroxylation sites is 2. The van der Waals surface area contributed by atoms with Crippen LogP contribution in [0.4, 0.5) is 0 Å². The Morgan fingerprint density at radius 3 is 1.66 bits per heavy atom. The van der Waals surface area contributed by atoms with Gasteiger partial charge in [0.2, 0.25) is 11.6 Å². The largest absolute Gasteiger partial charge is 0.285 e. The summed E-state index contributed by atoms with van der Waals surface area (Å²) >= 11 is 0. The van der Waals surface area contributed by atoms with Crippen LogP contribution in [0.25, 0.3) is 33.4 Å². The number of hydrogen-bond acceptors (Lipinski definition) is 4. The van der Waals surface area contributed by atoms with Crippen LogP contribution >= 0.6 is 0 Å². The lowest BCUT2D eigenvalue weighted by atomic mass is 9.34. The number of fused-ring (bicyclic) bond motifs is 4. The normalized spacial score (nSPS) is 12.7. The van der Waals surface area contributed by atoms with Crippen LogP contribution in [0.1, 0.15) is 11.6 Å². The quantitative estimate of drug-likeness (QED) is 0.377. The zero-order chi connectivity index (χ0) is 19.3. The monoisotopic (exact) mass is 368 g/mol. The highest BCUT2D eigenvalue weighted by Crippen LogP contribution is 2.30. The Labute approximate surface area is 165 Å². The molecule has 130 valence electrons. The van der Waals surface area contributed by atoms with Gasteiger partial charge in [-0.2, -0.15) is 10.5 Å². The molecule has 5 aromatic rings. The summed E-state index contributed by atoms with van der Waals surface area (Å²) in [6, 6.07) is 22.6. The molecule has 0 N–H and O–H groups in total. The van der Waals surface area contributed by atoms with E-state index >= 15 is 0 Å². The first kappa shape index (κ1) is 14.7. The third kappa shape index (κ3) is 1.51. The van der Waals surface area contributed by atoms with Crippen LogP contribution in [-0.2, 0) is 0 Å². The number of nitrogens with zero attached hydrogens (tertiary/aromatic N) is 6. The highest BCUT2D eigenvalue weighted by molar-refractivity contribution is 7.00. The number of benzene rings is 3. The third-order valence-electron chi connectivity index (χ3n) is 6.07. The fourth-order valence-electron chi connectivity index (χ4n) is 5.10. The Morgan fingerprint density at radius 1 is 0.690 bits per heavy atom. The van der Waals surface area contributed by atoms with Crippen LogP contribution in [0, 0.1) is 22.7 Å². The second kappa shape index (κ2) is 4.73. The van der Waals surface area contributed by atoms with Gasteiger partial charge in [0.25, 0.3) is 6.71 Å². The molecule has 0 aliphatic carbocycles. The van der Waals surface area contributed by atoms with Crippen molar-refractivity contribution in [3.63, 3.8) is 0 Å². The lowest BCUT2D eigenvalue weighted by Crippen LogP contribution is -2.59. The first-order chi connectivity index (χ1) is 14.3. The molecule has 0 saturated heterocycles. The minimum absolute atomic E-state index is 0.0000794. The van der Waals surface area contributed by atoms with Crippen molar-refractivity contribution >= 4 is 45.2 Å². The van der Waals surface area contributed by atoms with Gasteiger partial charge in [0.05, 0.1) is 22.1 Å². The lowest BCUT2D eigenvalue weighted by molar-refractivity contribution is 1.03. The van der Waals surface area contributed by atoms with Crippen LogP contribution in [0.5, 0.6) is 0 Å². The zero-order valence-corrected chi connectivity index (χ0v) is 15.0. The van der Waals surface area contributed by atoms with Crippen molar-refractivity contribution in [2.24, 2.45) is 0 Å². The van der Waals surface area contributed by atoms with E-state index in [9.17, 15) is 10.5 Å². The summed E-state index contributed by atoms with van der Waals surface area (Å²) in [7, 11) is 0. The van der Waals surface area contributed by atoms with Gasteiger partial charge in [0.15, 0.2) is 0 Å². The molecule has 3 aromatic carbocycles.